The lowest BCUT2D eigenvalue weighted by molar-refractivity contribution is 0.0692. The van der Waals surface area contributed by atoms with Crippen LogP contribution in [-0.4, -0.2) is 46.0 Å². The van der Waals surface area contributed by atoms with Crippen molar-refractivity contribution in [2.24, 2.45) is 0 Å². The zero-order chi connectivity index (χ0) is 14.8. The van der Waals surface area contributed by atoms with E-state index in [-0.39, 0.29) is 12.1 Å². The summed E-state index contributed by atoms with van der Waals surface area (Å²) >= 11 is 0. The first-order valence-corrected chi connectivity index (χ1v) is 6.99. The van der Waals surface area contributed by atoms with Gasteiger partial charge < -0.3 is 5.11 Å². The second-order valence-electron chi connectivity index (χ2n) is 4.03. The molecule has 0 aliphatic heterocycles. The van der Waals surface area contributed by atoms with E-state index in [0.717, 1.165) is 16.1 Å². The standard InChI is InChI=1S/C11H12N4O4S/c1-15(7-8-2-4-12-5-3-8)20(18,19)10-9(11(16)17)6-13-14-10/h2-6H,7H2,1H3,(H,13,14)(H,16,17). The van der Waals surface area contributed by atoms with Crippen molar-refractivity contribution in [1.82, 2.24) is 19.5 Å². The third kappa shape index (κ3) is 2.68. The van der Waals surface area contributed by atoms with Crippen molar-refractivity contribution in [3.8, 4) is 0 Å². The van der Waals surface area contributed by atoms with Crippen molar-refractivity contribution >= 4 is 16.0 Å². The normalized spacial score (nSPS) is 11.7. The summed E-state index contributed by atoms with van der Waals surface area (Å²) in [7, 11) is -2.59. The maximum atomic E-state index is 12.3. The molecule has 20 heavy (non-hydrogen) atoms. The summed E-state index contributed by atoms with van der Waals surface area (Å²) in [6.07, 6.45) is 4.07. The van der Waals surface area contributed by atoms with Gasteiger partial charge in [0.2, 0.25) is 0 Å². The number of aromatic carboxylic acids is 1. The molecule has 0 aromatic carbocycles. The van der Waals surface area contributed by atoms with E-state index in [1.54, 1.807) is 24.5 Å². The topological polar surface area (TPSA) is 116 Å². The largest absolute Gasteiger partial charge is 0.478 e. The molecule has 106 valence electrons. The van der Waals surface area contributed by atoms with Gasteiger partial charge in [-0.25, -0.2) is 13.2 Å². The molecule has 2 aromatic rings. The van der Waals surface area contributed by atoms with Crippen LogP contribution >= 0.6 is 0 Å². The molecule has 0 amide bonds. The van der Waals surface area contributed by atoms with Gasteiger partial charge in [0.1, 0.15) is 5.56 Å². The Morgan fingerprint density at radius 3 is 2.65 bits per heavy atom. The molecule has 2 N–H and O–H groups in total. The molecular formula is C11H12N4O4S. The van der Waals surface area contributed by atoms with Gasteiger partial charge in [0.15, 0.2) is 5.03 Å². The first kappa shape index (κ1) is 14.2. The van der Waals surface area contributed by atoms with Crippen LogP contribution in [-0.2, 0) is 16.6 Å². The van der Waals surface area contributed by atoms with Gasteiger partial charge in [0.25, 0.3) is 10.0 Å². The molecule has 2 heterocycles. The fourth-order valence-electron chi connectivity index (χ4n) is 1.61. The number of H-pyrrole nitrogens is 1. The Morgan fingerprint density at radius 2 is 2.05 bits per heavy atom. The summed E-state index contributed by atoms with van der Waals surface area (Å²) in [6, 6.07) is 3.36. The van der Waals surface area contributed by atoms with Crippen LogP contribution in [0.15, 0.2) is 35.7 Å². The predicted molar refractivity (Wildman–Crippen MR) is 68.4 cm³/mol. The van der Waals surface area contributed by atoms with Crippen LogP contribution in [0.5, 0.6) is 0 Å². The number of hydrogen-bond donors (Lipinski definition) is 2. The second-order valence-corrected chi connectivity index (χ2v) is 6.02. The lowest BCUT2D eigenvalue weighted by Gasteiger charge is -2.16. The number of aromatic amines is 1. The third-order valence-electron chi connectivity index (χ3n) is 2.66. The second kappa shape index (κ2) is 5.39. The highest BCUT2D eigenvalue weighted by Crippen LogP contribution is 2.18. The monoisotopic (exact) mass is 296 g/mol. The van der Waals surface area contributed by atoms with Gasteiger partial charge in [-0.2, -0.15) is 9.40 Å². The van der Waals surface area contributed by atoms with Crippen molar-refractivity contribution < 1.29 is 18.3 Å². The number of aromatic nitrogens is 3. The molecule has 0 unspecified atom stereocenters. The van der Waals surface area contributed by atoms with Crippen LogP contribution in [0.1, 0.15) is 15.9 Å². The summed E-state index contributed by atoms with van der Waals surface area (Å²) in [4.78, 5) is 14.8. The molecule has 2 aromatic heterocycles. The van der Waals surface area contributed by atoms with E-state index in [0.29, 0.717) is 0 Å². The number of pyridine rings is 1. The summed E-state index contributed by atoms with van der Waals surface area (Å²) in [5.41, 5.74) is 0.356. The maximum Gasteiger partial charge on any atom is 0.340 e. The molecule has 0 aliphatic carbocycles. The Bertz CT molecular complexity index is 711. The zero-order valence-corrected chi connectivity index (χ0v) is 11.3. The molecule has 0 bridgehead atoms. The highest BCUT2D eigenvalue weighted by atomic mass is 32.2. The first-order chi connectivity index (χ1) is 9.43. The third-order valence-corrected chi connectivity index (χ3v) is 4.43. The highest BCUT2D eigenvalue weighted by Gasteiger charge is 2.28. The van der Waals surface area contributed by atoms with E-state index >= 15 is 0 Å². The number of hydrogen-bond acceptors (Lipinski definition) is 5. The van der Waals surface area contributed by atoms with Gasteiger partial charge in [0, 0.05) is 26.0 Å². The molecule has 0 saturated heterocycles. The molecule has 0 spiro atoms. The van der Waals surface area contributed by atoms with E-state index in [1.807, 2.05) is 0 Å². The SMILES string of the molecule is CN(Cc1ccncc1)S(=O)(=O)c1[nH]ncc1C(=O)O. The molecule has 8 nitrogen and oxygen atoms in total. The Kier molecular flexibility index (Phi) is 3.81. The number of nitrogens with one attached hydrogen (secondary N) is 1. The van der Waals surface area contributed by atoms with E-state index in [9.17, 15) is 13.2 Å². The van der Waals surface area contributed by atoms with Crippen LogP contribution in [0.3, 0.4) is 0 Å². The number of carboxylic acids is 1. The van der Waals surface area contributed by atoms with Gasteiger partial charge >= 0.3 is 5.97 Å². The average molecular weight is 296 g/mol. The van der Waals surface area contributed by atoms with Gasteiger partial charge in [-0.1, -0.05) is 0 Å². The lowest BCUT2D eigenvalue weighted by atomic mass is 10.3. The summed E-state index contributed by atoms with van der Waals surface area (Å²) in [6.45, 7) is 0.100. The van der Waals surface area contributed by atoms with Crippen molar-refractivity contribution in [2.75, 3.05) is 7.05 Å². The van der Waals surface area contributed by atoms with E-state index in [4.69, 9.17) is 5.11 Å². The fourth-order valence-corrected chi connectivity index (χ4v) is 2.83. The van der Waals surface area contributed by atoms with E-state index in [1.165, 1.54) is 7.05 Å². The summed E-state index contributed by atoms with van der Waals surface area (Å²) < 4.78 is 25.6. The van der Waals surface area contributed by atoms with Crippen molar-refractivity contribution in [3.05, 3.63) is 41.9 Å². The fraction of sp³-hybridized carbons (Fsp3) is 0.182. The Balaban J connectivity index is 2.30. The molecule has 0 fully saturated rings. The van der Waals surface area contributed by atoms with Crippen LogP contribution in [0.25, 0.3) is 0 Å². The minimum absolute atomic E-state index is 0.100. The van der Waals surface area contributed by atoms with Crippen LogP contribution in [0, 0.1) is 0 Å². The van der Waals surface area contributed by atoms with Crippen molar-refractivity contribution in [3.63, 3.8) is 0 Å². The van der Waals surface area contributed by atoms with Crippen LogP contribution < -0.4 is 0 Å². The van der Waals surface area contributed by atoms with Crippen molar-refractivity contribution in [1.29, 1.82) is 0 Å². The molecule has 0 radical (unpaired) electrons. The Morgan fingerprint density at radius 1 is 1.40 bits per heavy atom. The summed E-state index contributed by atoms with van der Waals surface area (Å²) in [5, 5.41) is 14.2. The van der Waals surface area contributed by atoms with Gasteiger partial charge in [-0.15, -0.1) is 0 Å². The first-order valence-electron chi connectivity index (χ1n) is 5.55. The number of carboxylic acid groups (broad SMARTS) is 1. The molecular weight excluding hydrogens is 284 g/mol. The Hall–Kier alpha value is -2.26. The van der Waals surface area contributed by atoms with E-state index < -0.39 is 21.0 Å². The molecule has 0 atom stereocenters. The maximum absolute atomic E-state index is 12.3. The van der Waals surface area contributed by atoms with Crippen molar-refractivity contribution in [2.45, 2.75) is 11.6 Å². The van der Waals surface area contributed by atoms with Crippen LogP contribution in [0.4, 0.5) is 0 Å². The zero-order valence-electron chi connectivity index (χ0n) is 10.5. The van der Waals surface area contributed by atoms with Gasteiger partial charge in [-0.3, -0.25) is 10.1 Å². The van der Waals surface area contributed by atoms with E-state index in [2.05, 4.69) is 15.2 Å². The quantitative estimate of drug-likeness (QED) is 0.821. The smallest absolute Gasteiger partial charge is 0.340 e. The molecule has 9 heteroatoms. The highest BCUT2D eigenvalue weighted by molar-refractivity contribution is 7.89. The minimum atomic E-state index is -3.96. The van der Waals surface area contributed by atoms with Gasteiger partial charge in [0.05, 0.1) is 6.20 Å². The molecule has 0 aliphatic rings. The molecule has 2 rings (SSSR count). The number of carbonyl (C=O) groups is 1. The predicted octanol–water partition coefficient (Wildman–Crippen LogP) is 0.324. The summed E-state index contributed by atoms with van der Waals surface area (Å²) in [5.74, 6) is -1.35. The lowest BCUT2D eigenvalue weighted by Crippen LogP contribution is -2.28. The molecule has 0 saturated carbocycles. The minimum Gasteiger partial charge on any atom is -0.478 e. The number of rotatable bonds is 5. The number of sulfonamides is 1. The number of nitrogens with zero attached hydrogens (tertiary/aromatic N) is 3. The average Bonchev–Trinajstić information content (AvgIpc) is 2.89. The van der Waals surface area contributed by atoms with Gasteiger partial charge in [-0.05, 0) is 17.7 Å². The Labute approximate surface area is 115 Å². The van der Waals surface area contributed by atoms with Crippen LogP contribution in [0.2, 0.25) is 0 Å².